The summed E-state index contributed by atoms with van der Waals surface area (Å²) in [7, 11) is 0. The molecule has 0 radical (unpaired) electrons. The van der Waals surface area contributed by atoms with Crippen LogP contribution in [0.1, 0.15) is 38.4 Å². The molecule has 0 amide bonds. The van der Waals surface area contributed by atoms with Crippen molar-refractivity contribution in [2.75, 3.05) is 0 Å². The maximum Gasteiger partial charge on any atom is 0.337 e. The summed E-state index contributed by atoms with van der Waals surface area (Å²) < 4.78 is 28.2. The largest absolute Gasteiger partial charge is 0.478 e. The summed E-state index contributed by atoms with van der Waals surface area (Å²) >= 11 is 6.15. The van der Waals surface area contributed by atoms with Gasteiger partial charge in [0, 0.05) is 41.6 Å². The highest BCUT2D eigenvalue weighted by atomic mass is 35.5. The van der Waals surface area contributed by atoms with Gasteiger partial charge in [-0.05, 0) is 49.2 Å². The predicted octanol–water partition coefficient (Wildman–Crippen LogP) is 5.07. The van der Waals surface area contributed by atoms with E-state index in [2.05, 4.69) is 5.32 Å². The first-order chi connectivity index (χ1) is 13.8. The van der Waals surface area contributed by atoms with E-state index in [4.69, 9.17) is 11.6 Å². The minimum atomic E-state index is -1.01. The van der Waals surface area contributed by atoms with Crippen molar-refractivity contribution in [2.24, 2.45) is 0 Å². The Morgan fingerprint density at radius 2 is 1.69 bits per heavy atom. The molecule has 0 saturated carbocycles. The fraction of sp³-hybridized carbons (Fsp3) is 0.227. The van der Waals surface area contributed by atoms with Crippen LogP contribution in [0.4, 0.5) is 8.78 Å². The highest BCUT2D eigenvalue weighted by Gasteiger charge is 2.22. The highest BCUT2D eigenvalue weighted by Crippen LogP contribution is 2.26. The number of hydrogen-bond acceptors (Lipinski definition) is 2. The van der Waals surface area contributed by atoms with Crippen LogP contribution < -0.4 is 5.32 Å². The van der Waals surface area contributed by atoms with Gasteiger partial charge in [0.25, 0.3) is 0 Å². The van der Waals surface area contributed by atoms with E-state index >= 15 is 0 Å². The standard InChI is InChI=1S/C22H21ClF2N2O2/c1-13-19(11-26-10-15-3-6-17(24)7-4-15)21(22(28)29)14(2)27(13)12-16-5-8-18(25)9-20(16)23/h3-9,26H,10-12H2,1-2H3,(H,28,29). The number of aromatic carboxylic acids is 1. The SMILES string of the molecule is Cc1c(CNCc2ccc(F)cc2)c(C(=O)O)c(C)n1Cc1ccc(F)cc1Cl. The van der Waals surface area contributed by atoms with Crippen LogP contribution in [-0.2, 0) is 19.6 Å². The molecule has 152 valence electrons. The molecule has 2 aromatic carbocycles. The van der Waals surface area contributed by atoms with Gasteiger partial charge in [0.2, 0.25) is 0 Å². The molecule has 0 atom stereocenters. The Bertz CT molecular complexity index is 1050. The maximum absolute atomic E-state index is 13.3. The molecule has 1 heterocycles. The lowest BCUT2D eigenvalue weighted by molar-refractivity contribution is 0.0694. The molecule has 0 aliphatic carbocycles. The maximum atomic E-state index is 13.3. The van der Waals surface area contributed by atoms with Gasteiger partial charge in [0.1, 0.15) is 11.6 Å². The van der Waals surface area contributed by atoms with Crippen molar-refractivity contribution in [3.63, 3.8) is 0 Å². The van der Waals surface area contributed by atoms with E-state index in [1.165, 1.54) is 24.3 Å². The number of carboxylic acids is 1. The monoisotopic (exact) mass is 418 g/mol. The number of halogens is 3. The summed E-state index contributed by atoms with van der Waals surface area (Å²) in [4.78, 5) is 11.9. The number of rotatable bonds is 7. The first kappa shape index (κ1) is 21.0. The summed E-state index contributed by atoms with van der Waals surface area (Å²) in [6.45, 7) is 4.76. The summed E-state index contributed by atoms with van der Waals surface area (Å²) in [5.74, 6) is -1.73. The van der Waals surface area contributed by atoms with E-state index in [1.807, 2.05) is 11.5 Å². The number of hydrogen-bond donors (Lipinski definition) is 2. The molecular weight excluding hydrogens is 398 g/mol. The van der Waals surface area contributed by atoms with Crippen molar-refractivity contribution in [1.82, 2.24) is 9.88 Å². The third-order valence-corrected chi connectivity index (χ3v) is 5.36. The van der Waals surface area contributed by atoms with Gasteiger partial charge >= 0.3 is 5.97 Å². The Hall–Kier alpha value is -2.70. The van der Waals surface area contributed by atoms with E-state index in [-0.39, 0.29) is 11.4 Å². The van der Waals surface area contributed by atoms with Crippen LogP contribution in [0.25, 0.3) is 0 Å². The zero-order valence-corrected chi connectivity index (χ0v) is 16.9. The molecule has 0 unspecified atom stereocenters. The van der Waals surface area contributed by atoms with Gasteiger partial charge in [-0.25, -0.2) is 13.6 Å². The average Bonchev–Trinajstić information content (AvgIpc) is 2.89. The Morgan fingerprint density at radius 3 is 2.31 bits per heavy atom. The molecule has 0 aliphatic rings. The Labute approximate surface area is 172 Å². The number of carboxylic acid groups (broad SMARTS) is 1. The molecule has 29 heavy (non-hydrogen) atoms. The Balaban J connectivity index is 1.85. The fourth-order valence-electron chi connectivity index (χ4n) is 3.44. The lowest BCUT2D eigenvalue weighted by Gasteiger charge is -2.12. The quantitative estimate of drug-likeness (QED) is 0.563. The van der Waals surface area contributed by atoms with Crippen LogP contribution in [-0.4, -0.2) is 15.6 Å². The predicted molar refractivity (Wildman–Crippen MR) is 108 cm³/mol. The molecule has 0 spiro atoms. The van der Waals surface area contributed by atoms with Gasteiger partial charge < -0.3 is 15.0 Å². The van der Waals surface area contributed by atoms with Gasteiger partial charge in [-0.1, -0.05) is 29.8 Å². The highest BCUT2D eigenvalue weighted by molar-refractivity contribution is 6.31. The first-order valence-corrected chi connectivity index (χ1v) is 9.46. The Morgan fingerprint density at radius 1 is 1.03 bits per heavy atom. The average molecular weight is 419 g/mol. The van der Waals surface area contributed by atoms with Crippen LogP contribution in [0, 0.1) is 25.5 Å². The van der Waals surface area contributed by atoms with Crippen LogP contribution in [0.3, 0.4) is 0 Å². The van der Waals surface area contributed by atoms with Crippen molar-refractivity contribution < 1.29 is 18.7 Å². The first-order valence-electron chi connectivity index (χ1n) is 9.09. The smallest absolute Gasteiger partial charge is 0.337 e. The van der Waals surface area contributed by atoms with Crippen molar-refractivity contribution in [3.8, 4) is 0 Å². The van der Waals surface area contributed by atoms with E-state index < -0.39 is 11.8 Å². The van der Waals surface area contributed by atoms with Crippen molar-refractivity contribution >= 4 is 17.6 Å². The molecule has 7 heteroatoms. The van der Waals surface area contributed by atoms with Crippen LogP contribution in [0.5, 0.6) is 0 Å². The molecule has 0 saturated heterocycles. The summed E-state index contributed by atoms with van der Waals surface area (Å²) in [5, 5.41) is 13.2. The molecule has 0 fully saturated rings. The number of carbonyl (C=O) groups is 1. The zero-order valence-electron chi connectivity index (χ0n) is 16.1. The molecule has 0 aliphatic heterocycles. The van der Waals surface area contributed by atoms with E-state index in [9.17, 15) is 18.7 Å². The summed E-state index contributed by atoms with van der Waals surface area (Å²) in [6, 6.07) is 10.3. The lowest BCUT2D eigenvalue weighted by Crippen LogP contribution is -2.15. The van der Waals surface area contributed by atoms with Crippen LogP contribution in [0.15, 0.2) is 42.5 Å². The van der Waals surface area contributed by atoms with Gasteiger partial charge in [-0.15, -0.1) is 0 Å². The van der Waals surface area contributed by atoms with E-state index in [1.54, 1.807) is 25.1 Å². The van der Waals surface area contributed by atoms with Crippen molar-refractivity contribution in [1.29, 1.82) is 0 Å². The second-order valence-corrected chi connectivity index (χ2v) is 7.29. The van der Waals surface area contributed by atoms with Gasteiger partial charge in [-0.3, -0.25) is 0 Å². The fourth-order valence-corrected chi connectivity index (χ4v) is 3.67. The van der Waals surface area contributed by atoms with Crippen LogP contribution in [0.2, 0.25) is 5.02 Å². The number of nitrogens with zero attached hydrogens (tertiary/aromatic N) is 1. The molecular formula is C22H21ClF2N2O2. The number of aromatic nitrogens is 1. The summed E-state index contributed by atoms with van der Waals surface area (Å²) in [5.41, 5.74) is 3.93. The number of nitrogens with one attached hydrogen (secondary N) is 1. The van der Waals surface area contributed by atoms with Gasteiger partial charge in [0.15, 0.2) is 0 Å². The molecule has 4 nitrogen and oxygen atoms in total. The third-order valence-electron chi connectivity index (χ3n) is 5.01. The van der Waals surface area contributed by atoms with Crippen LogP contribution >= 0.6 is 11.6 Å². The number of benzene rings is 2. The second kappa shape index (κ2) is 8.76. The second-order valence-electron chi connectivity index (χ2n) is 6.88. The molecule has 1 aromatic heterocycles. The third kappa shape index (κ3) is 4.66. The molecule has 2 N–H and O–H groups in total. The molecule has 3 aromatic rings. The summed E-state index contributed by atoms with van der Waals surface area (Å²) in [6.07, 6.45) is 0. The van der Waals surface area contributed by atoms with Crippen molar-refractivity contribution in [2.45, 2.75) is 33.5 Å². The minimum Gasteiger partial charge on any atom is -0.478 e. The molecule has 0 bridgehead atoms. The van der Waals surface area contributed by atoms with E-state index in [0.29, 0.717) is 41.5 Å². The van der Waals surface area contributed by atoms with Gasteiger partial charge in [-0.2, -0.15) is 0 Å². The topological polar surface area (TPSA) is 54.3 Å². The zero-order chi connectivity index (χ0) is 21.1. The Kier molecular flexibility index (Phi) is 6.35. The molecule has 3 rings (SSSR count). The normalized spacial score (nSPS) is 11.1. The van der Waals surface area contributed by atoms with E-state index in [0.717, 1.165) is 11.3 Å². The van der Waals surface area contributed by atoms with Crippen molar-refractivity contribution in [3.05, 3.63) is 92.8 Å². The lowest BCUT2D eigenvalue weighted by atomic mass is 10.1. The minimum absolute atomic E-state index is 0.243. The van der Waals surface area contributed by atoms with Gasteiger partial charge in [0.05, 0.1) is 5.56 Å².